The molecule has 0 bridgehead atoms. The van der Waals surface area contributed by atoms with Gasteiger partial charge in [0.15, 0.2) is 11.0 Å². The van der Waals surface area contributed by atoms with Crippen molar-refractivity contribution >= 4 is 23.4 Å². The molecule has 5 rings (SSSR count). The lowest BCUT2D eigenvalue weighted by atomic mass is 10.2. The minimum Gasteiger partial charge on any atom is -0.495 e. The van der Waals surface area contributed by atoms with Gasteiger partial charge in [-0.1, -0.05) is 66.4 Å². The number of hydrogen-bond acceptors (Lipinski definition) is 6. The average molecular weight is 504 g/mol. The summed E-state index contributed by atoms with van der Waals surface area (Å²) >= 11 is 1.35. The molecule has 184 valence electrons. The molecule has 1 amide bonds. The molecule has 0 N–H and O–H groups in total. The van der Waals surface area contributed by atoms with Crippen LogP contribution in [-0.4, -0.2) is 64.6 Å². The topological polar surface area (TPSA) is 63.5 Å². The molecule has 9 heteroatoms. The van der Waals surface area contributed by atoms with Crippen LogP contribution in [0.4, 0.5) is 10.1 Å². The zero-order chi connectivity index (χ0) is 24.9. The van der Waals surface area contributed by atoms with Gasteiger partial charge in [0.2, 0.25) is 5.91 Å². The van der Waals surface area contributed by atoms with E-state index in [9.17, 15) is 9.18 Å². The van der Waals surface area contributed by atoms with Crippen LogP contribution in [0.1, 0.15) is 0 Å². The third-order valence-corrected chi connectivity index (χ3v) is 7.06. The van der Waals surface area contributed by atoms with Crippen LogP contribution in [0.5, 0.6) is 5.75 Å². The number of thioether (sulfide) groups is 1. The van der Waals surface area contributed by atoms with Crippen LogP contribution in [0.15, 0.2) is 84.0 Å². The molecule has 0 unspecified atom stereocenters. The molecule has 1 saturated heterocycles. The molecule has 1 fully saturated rings. The van der Waals surface area contributed by atoms with Gasteiger partial charge in [-0.05, 0) is 24.3 Å². The van der Waals surface area contributed by atoms with Crippen LogP contribution in [0.25, 0.3) is 17.1 Å². The quantitative estimate of drug-likeness (QED) is 0.346. The van der Waals surface area contributed by atoms with Gasteiger partial charge in [0, 0.05) is 31.7 Å². The highest BCUT2D eigenvalue weighted by Gasteiger charge is 2.24. The van der Waals surface area contributed by atoms with Gasteiger partial charge in [-0.2, -0.15) is 0 Å². The Bertz CT molecular complexity index is 1340. The van der Waals surface area contributed by atoms with E-state index in [0.29, 0.717) is 48.6 Å². The summed E-state index contributed by atoms with van der Waals surface area (Å²) in [6.45, 7) is 2.27. The van der Waals surface area contributed by atoms with Gasteiger partial charge in [0.05, 0.1) is 24.2 Å². The summed E-state index contributed by atoms with van der Waals surface area (Å²) in [7, 11) is 1.63. The molecule has 0 aliphatic carbocycles. The van der Waals surface area contributed by atoms with E-state index in [2.05, 4.69) is 10.2 Å². The summed E-state index contributed by atoms with van der Waals surface area (Å²) in [4.78, 5) is 16.9. The zero-order valence-corrected chi connectivity index (χ0v) is 20.7. The Morgan fingerprint density at radius 1 is 0.889 bits per heavy atom. The van der Waals surface area contributed by atoms with Crippen LogP contribution >= 0.6 is 11.8 Å². The first-order valence-electron chi connectivity index (χ1n) is 11.7. The summed E-state index contributed by atoms with van der Waals surface area (Å²) in [5.41, 5.74) is 2.30. The van der Waals surface area contributed by atoms with Gasteiger partial charge in [0.1, 0.15) is 11.6 Å². The summed E-state index contributed by atoms with van der Waals surface area (Å²) in [5, 5.41) is 9.48. The van der Waals surface area contributed by atoms with E-state index < -0.39 is 0 Å². The Morgan fingerprint density at radius 2 is 1.56 bits per heavy atom. The molecule has 2 heterocycles. The van der Waals surface area contributed by atoms with Crippen molar-refractivity contribution < 1.29 is 13.9 Å². The van der Waals surface area contributed by atoms with Crippen molar-refractivity contribution in [1.82, 2.24) is 19.7 Å². The van der Waals surface area contributed by atoms with E-state index in [1.54, 1.807) is 19.2 Å². The fraction of sp³-hybridized carbons (Fsp3) is 0.222. The van der Waals surface area contributed by atoms with Gasteiger partial charge >= 0.3 is 0 Å². The fourth-order valence-corrected chi connectivity index (χ4v) is 5.14. The number of rotatable bonds is 7. The summed E-state index contributed by atoms with van der Waals surface area (Å²) in [6, 6.07) is 24.2. The highest BCUT2D eigenvalue weighted by Crippen LogP contribution is 2.32. The highest BCUT2D eigenvalue weighted by atomic mass is 32.2. The van der Waals surface area contributed by atoms with Gasteiger partial charge in [0.25, 0.3) is 0 Å². The third-order valence-electron chi connectivity index (χ3n) is 6.14. The van der Waals surface area contributed by atoms with Crippen molar-refractivity contribution in [3.05, 3.63) is 84.7 Å². The number of para-hydroxylation sites is 3. The lowest BCUT2D eigenvalue weighted by molar-refractivity contribution is -0.128. The van der Waals surface area contributed by atoms with Crippen LogP contribution in [-0.2, 0) is 4.79 Å². The van der Waals surface area contributed by atoms with Crippen molar-refractivity contribution in [1.29, 1.82) is 0 Å². The first-order valence-corrected chi connectivity index (χ1v) is 12.7. The summed E-state index contributed by atoms with van der Waals surface area (Å²) in [6.07, 6.45) is 0. The third kappa shape index (κ3) is 4.92. The van der Waals surface area contributed by atoms with E-state index in [0.717, 1.165) is 11.3 Å². The van der Waals surface area contributed by atoms with Crippen molar-refractivity contribution in [2.75, 3.05) is 43.9 Å². The number of anilines is 1. The number of amides is 1. The first-order chi connectivity index (χ1) is 17.7. The molecule has 1 aliphatic heterocycles. The SMILES string of the molecule is COc1ccccc1-n1c(SCC(=O)N2CCN(c3ccccc3F)CC2)nnc1-c1ccccc1. The van der Waals surface area contributed by atoms with Gasteiger partial charge in [-0.15, -0.1) is 10.2 Å². The summed E-state index contributed by atoms with van der Waals surface area (Å²) in [5.74, 6) is 1.36. The molecule has 1 aliphatic rings. The molecule has 1 aromatic heterocycles. The van der Waals surface area contributed by atoms with Crippen LogP contribution < -0.4 is 9.64 Å². The van der Waals surface area contributed by atoms with Gasteiger partial charge < -0.3 is 14.5 Å². The smallest absolute Gasteiger partial charge is 0.233 e. The number of piperazine rings is 1. The predicted molar refractivity (Wildman–Crippen MR) is 139 cm³/mol. The molecule has 0 saturated carbocycles. The molecular formula is C27H26FN5O2S. The monoisotopic (exact) mass is 503 g/mol. The van der Waals surface area contributed by atoms with Crippen LogP contribution in [0.3, 0.4) is 0 Å². The maximum atomic E-state index is 14.1. The Labute approximate surface area is 213 Å². The lowest BCUT2D eigenvalue weighted by Gasteiger charge is -2.36. The van der Waals surface area contributed by atoms with Crippen molar-refractivity contribution in [2.24, 2.45) is 0 Å². The second kappa shape index (κ2) is 10.8. The second-order valence-corrected chi connectivity index (χ2v) is 9.23. The van der Waals surface area contributed by atoms with Crippen molar-refractivity contribution in [3.8, 4) is 22.8 Å². The number of ether oxygens (including phenoxy) is 1. The Hall–Kier alpha value is -3.85. The van der Waals surface area contributed by atoms with E-state index in [1.807, 2.05) is 75.0 Å². The highest BCUT2D eigenvalue weighted by molar-refractivity contribution is 7.99. The molecule has 3 aromatic carbocycles. The largest absolute Gasteiger partial charge is 0.495 e. The Kier molecular flexibility index (Phi) is 7.18. The first kappa shape index (κ1) is 23.9. The number of aromatic nitrogens is 3. The van der Waals surface area contributed by atoms with E-state index in [-0.39, 0.29) is 17.5 Å². The number of hydrogen-bond donors (Lipinski definition) is 0. The van der Waals surface area contributed by atoms with Crippen LogP contribution in [0, 0.1) is 5.82 Å². The number of carbonyl (C=O) groups excluding carboxylic acids is 1. The molecule has 0 spiro atoms. The van der Waals surface area contributed by atoms with E-state index in [4.69, 9.17) is 4.74 Å². The maximum Gasteiger partial charge on any atom is 0.233 e. The standard InChI is InChI=1S/C27H26FN5O2S/c1-35-24-14-8-7-13-23(24)33-26(20-9-3-2-4-10-20)29-30-27(33)36-19-25(34)32-17-15-31(16-18-32)22-12-6-5-11-21(22)28/h2-14H,15-19H2,1H3. The Balaban J connectivity index is 1.32. The minimum atomic E-state index is -0.238. The minimum absolute atomic E-state index is 0.0176. The predicted octanol–water partition coefficient (Wildman–Crippen LogP) is 4.52. The molecular weight excluding hydrogens is 477 g/mol. The lowest BCUT2D eigenvalue weighted by Crippen LogP contribution is -2.49. The van der Waals surface area contributed by atoms with Gasteiger partial charge in [-0.25, -0.2) is 4.39 Å². The number of methoxy groups -OCH3 is 1. The number of carbonyl (C=O) groups is 1. The molecule has 7 nitrogen and oxygen atoms in total. The molecule has 0 radical (unpaired) electrons. The number of halogens is 1. The van der Waals surface area contributed by atoms with E-state index >= 15 is 0 Å². The Morgan fingerprint density at radius 3 is 2.28 bits per heavy atom. The van der Waals surface area contributed by atoms with Crippen molar-refractivity contribution in [3.63, 3.8) is 0 Å². The fourth-order valence-electron chi connectivity index (χ4n) is 4.29. The normalized spacial score (nSPS) is 13.6. The average Bonchev–Trinajstić information content (AvgIpc) is 3.36. The maximum absolute atomic E-state index is 14.1. The molecule has 4 aromatic rings. The number of nitrogens with zero attached hydrogens (tertiary/aromatic N) is 5. The molecule has 36 heavy (non-hydrogen) atoms. The second-order valence-electron chi connectivity index (χ2n) is 8.29. The van der Waals surface area contributed by atoms with Crippen LogP contribution in [0.2, 0.25) is 0 Å². The van der Waals surface area contributed by atoms with Gasteiger partial charge in [-0.3, -0.25) is 9.36 Å². The molecule has 0 atom stereocenters. The summed E-state index contributed by atoms with van der Waals surface area (Å²) < 4.78 is 21.7. The number of benzene rings is 3. The van der Waals surface area contributed by atoms with E-state index in [1.165, 1.54) is 17.8 Å². The zero-order valence-electron chi connectivity index (χ0n) is 19.9. The van der Waals surface area contributed by atoms with Crippen molar-refractivity contribution in [2.45, 2.75) is 5.16 Å².